The third-order valence-corrected chi connectivity index (χ3v) is 30.3. The van der Waals surface area contributed by atoms with Crippen LogP contribution in [0.15, 0.2) is 97.6 Å². The molecule has 5 saturated heterocycles. The van der Waals surface area contributed by atoms with Gasteiger partial charge in [-0.25, -0.2) is 28.5 Å². The fourth-order valence-electron chi connectivity index (χ4n) is 14.8. The van der Waals surface area contributed by atoms with Gasteiger partial charge in [0, 0.05) is 86.1 Å². The van der Waals surface area contributed by atoms with Crippen LogP contribution >= 0.6 is 46.6 Å². The largest absolute Gasteiger partial charge is 0.481 e. The van der Waals surface area contributed by atoms with Crippen LogP contribution in [0.5, 0.6) is 0 Å². The first-order valence-corrected chi connectivity index (χ1v) is 59.9. The van der Waals surface area contributed by atoms with Gasteiger partial charge >= 0.3 is 34.4 Å². The number of aryl methyl sites for hydroxylation is 1. The number of carboxylic acids is 1. The molecule has 5 fully saturated rings. The number of carboxylic acid groups (broad SMARTS) is 1. The molecule has 0 amide bonds. The van der Waals surface area contributed by atoms with Crippen LogP contribution in [0.25, 0.3) is 0 Å². The lowest BCUT2D eigenvalue weighted by atomic mass is 10.1. The van der Waals surface area contributed by atoms with Gasteiger partial charge in [0.05, 0.1) is 50.0 Å². The van der Waals surface area contributed by atoms with Crippen LogP contribution in [-0.2, 0) is 77.6 Å². The molecule has 0 aliphatic carbocycles. The van der Waals surface area contributed by atoms with Gasteiger partial charge in [0.1, 0.15) is 72.6 Å². The van der Waals surface area contributed by atoms with Crippen molar-refractivity contribution in [3.8, 4) is 0 Å². The monoisotopic (exact) mass is 2020 g/mol. The standard InChI is InChI=1S/C19H32N3O5P.C19H32N3O4PS.C18H30N3O7P.2C16H25N2O6P/c1-12(2)6-8-20-10-13-11-22(19(26)21-17(13)25)18-16(24)15(23)14(27-18)7-9-28(3,4)5;1-12(2)6-8-20-10-13-11-22(19(28)21-17(13)25)18-16(24)15(23)14(26-18)7-9-27(3,4)5;1-11(16(24)25)6-8-20-17(26)19(2)10-21(18(20)27)15-14(23)13(22)12(28-15)7-9-29(3,4)5;2*1-9(19)7-10-8-18(16(23)17-14(10)22)15-13(21)12(20)11(24-15)5-6-25(2,3)4/h6,11,14-16,18,20,23-24H,3,7-10H2,1-2,4-5H3,(H,21,25,26);6,11,14-16,18,20,23-24H,3,7-10H2,1-2,4-5H3,(H,21,25,28);10-15,22-23H,3,6-9H2,1-2,4-5H3;2*8,11-13,15,20-21H,2,5-7H2,1,3-4H3,(H,17,22,23)/p+1/t2*14-,15-,16-,18-;11?,12-,13-,14-,15-;2*11-,12-,13-,15-/m11111/s1. The molecule has 0 spiro atoms. The van der Waals surface area contributed by atoms with Gasteiger partial charge in [-0.05, 0) is 190 Å². The maximum Gasteiger partial charge on any atom is 0.450 e. The van der Waals surface area contributed by atoms with E-state index in [2.05, 4.69) is 129 Å². The van der Waals surface area contributed by atoms with E-state index in [-0.39, 0.29) is 65.4 Å². The third kappa shape index (κ3) is 35.0. The van der Waals surface area contributed by atoms with Gasteiger partial charge in [0.15, 0.2) is 29.7 Å². The third-order valence-electron chi connectivity index (χ3n) is 22.6. The number of ketones is 2. The Morgan fingerprint density at radius 2 is 0.689 bits per heavy atom. The van der Waals surface area contributed by atoms with Gasteiger partial charge in [-0.2, -0.15) is 9.13 Å². The van der Waals surface area contributed by atoms with E-state index in [1.165, 1.54) is 62.9 Å². The van der Waals surface area contributed by atoms with E-state index in [1.807, 2.05) is 39.8 Å². The zero-order valence-electron chi connectivity index (χ0n) is 80.6. The van der Waals surface area contributed by atoms with E-state index < -0.39 is 214 Å². The number of Topliss-reactive ketones (excluding diaryl/α,β-unsaturated/α-hetero) is 2. The second kappa shape index (κ2) is 50.3. The highest BCUT2D eigenvalue weighted by atomic mass is 32.1. The molecule has 760 valence electrons. The number of nitrogens with zero attached hydrogens (tertiary/aromatic N) is 7. The summed E-state index contributed by atoms with van der Waals surface area (Å²) in [6, 6.07) is 0. The van der Waals surface area contributed by atoms with Gasteiger partial charge in [-0.1, -0.05) is 30.2 Å². The fraction of sp³-hybridized carbons (Fsp3) is 0.648. The topological polar surface area (TPSA) is 594 Å². The van der Waals surface area contributed by atoms with Crippen LogP contribution in [0.3, 0.4) is 0 Å². The van der Waals surface area contributed by atoms with Crippen molar-refractivity contribution >= 4 is 95.7 Å². The molecular formula is C88H145N13O28P5S+. The summed E-state index contributed by atoms with van der Waals surface area (Å²) in [5.74, 6) is -2.21. The number of allylic oxidation sites excluding steroid dienone is 2. The molecule has 5 aromatic rings. The molecule has 0 bridgehead atoms. The Labute approximate surface area is 789 Å². The Kier molecular flexibility index (Phi) is 43.4. The van der Waals surface area contributed by atoms with Crippen molar-refractivity contribution in [1.82, 2.24) is 58.0 Å². The number of ether oxygens (including phenoxy) is 5. The van der Waals surface area contributed by atoms with Crippen LogP contribution in [0.2, 0.25) is 0 Å². The molecule has 0 aromatic carbocycles. The SMILES string of the molecule is C=P(C)(C)CC[C@H]1O[C@@H](n2c[n+](C)c(=O)n(CCC(C)C(=O)O)c2=O)[C@H](O)[C@@H]1O.C=P(C)(C)CC[C@H]1O[C@@H](n2cc(CC(C)=O)c(=O)[nH]c2=O)[C@H](O)[C@@H]1O.C=P(C)(C)CC[C@H]1O[C@@H](n2cc(CC(C)=O)c(=O)[nH]c2=O)[C@H](O)[C@@H]1O.C=P(C)(C)CC[C@H]1O[C@@H](n2cc(CNCC=C(C)C)c(=O)[nH]c2=O)[C@H](O)[C@@H]1O.C=P(C)(C)CC[C@H]1O[C@@H](n2cc(CNCC=C(C)C)c(=O)[nH]c2=S)[C@H](O)[C@@H]1O. The van der Waals surface area contributed by atoms with Gasteiger partial charge in [-0.3, -0.25) is 71.8 Å². The van der Waals surface area contributed by atoms with Gasteiger partial charge < -0.3 is 90.5 Å². The predicted molar refractivity (Wildman–Crippen MR) is 535 cm³/mol. The number of rotatable bonds is 36. The minimum absolute atomic E-state index is 0.0885. The Morgan fingerprint density at radius 3 is 0.963 bits per heavy atom. The van der Waals surface area contributed by atoms with Crippen molar-refractivity contribution in [2.24, 2.45) is 13.0 Å². The quantitative estimate of drug-likeness (QED) is 0.00785. The maximum atomic E-state index is 12.9. The second-order valence-corrected chi connectivity index (χ2v) is 61.2. The summed E-state index contributed by atoms with van der Waals surface area (Å²) in [5, 5.41) is 119. The minimum atomic E-state index is -1.35. The molecule has 1 unspecified atom stereocenters. The van der Waals surface area contributed by atoms with Crippen LogP contribution < -0.4 is 65.9 Å². The van der Waals surface area contributed by atoms with Crippen LogP contribution in [0.1, 0.15) is 140 Å². The molecule has 47 heteroatoms. The van der Waals surface area contributed by atoms with Crippen LogP contribution in [-0.4, -0.2) is 355 Å². The molecule has 5 aliphatic rings. The summed E-state index contributed by atoms with van der Waals surface area (Å²) in [5.41, 5.74) is -2.23. The normalized spacial score (nSPS) is 25.9. The van der Waals surface area contributed by atoms with E-state index in [9.17, 15) is 109 Å². The molecule has 135 heavy (non-hydrogen) atoms. The molecule has 0 saturated carbocycles. The Morgan fingerprint density at radius 1 is 0.430 bits per heavy atom. The number of aliphatic hydroxyl groups excluding tert-OH is 10. The van der Waals surface area contributed by atoms with Crippen molar-refractivity contribution in [1.29, 1.82) is 0 Å². The lowest BCUT2D eigenvalue weighted by molar-refractivity contribution is -0.696. The number of aromatic nitrogens is 11. The zero-order chi connectivity index (χ0) is 102. The molecule has 0 radical (unpaired) electrons. The molecule has 10 rings (SSSR count). The number of carbonyl (C=O) groups excluding carboxylic acids is 2. The van der Waals surface area contributed by atoms with Crippen LogP contribution in [0.4, 0.5) is 0 Å². The Hall–Kier alpha value is -7.14. The summed E-state index contributed by atoms with van der Waals surface area (Å²) < 4.78 is 36.9. The number of aliphatic carboxylic acids is 1. The highest BCUT2D eigenvalue weighted by Gasteiger charge is 2.50. The van der Waals surface area contributed by atoms with Crippen molar-refractivity contribution < 1.29 is 98.8 Å². The van der Waals surface area contributed by atoms with Crippen molar-refractivity contribution in [2.75, 3.05) is 111 Å². The summed E-state index contributed by atoms with van der Waals surface area (Å²) >= 11 is 5.26. The highest BCUT2D eigenvalue weighted by Crippen LogP contribution is 2.44. The molecule has 10 heterocycles. The van der Waals surface area contributed by atoms with Gasteiger partial charge in [0.2, 0.25) is 12.6 Å². The first-order chi connectivity index (χ1) is 62.3. The van der Waals surface area contributed by atoms with E-state index in [1.54, 1.807) is 6.20 Å². The smallest absolute Gasteiger partial charge is 0.450 e. The fourth-order valence-corrected chi connectivity index (χ4v) is 19.8. The van der Waals surface area contributed by atoms with Crippen molar-refractivity contribution in [2.45, 2.75) is 242 Å². The number of H-pyrrole nitrogens is 4. The lowest BCUT2D eigenvalue weighted by Crippen LogP contribution is -2.59. The molecular weight excluding hydrogens is 1870 g/mol. The highest BCUT2D eigenvalue weighted by molar-refractivity contribution is 7.73. The van der Waals surface area contributed by atoms with Crippen molar-refractivity contribution in [3.63, 3.8) is 0 Å². The molecule has 17 N–H and O–H groups in total. The van der Waals surface area contributed by atoms with E-state index in [4.69, 9.17) is 41.0 Å². The first kappa shape index (κ1) is 117. The Balaban J connectivity index is 0.000000260. The van der Waals surface area contributed by atoms with E-state index >= 15 is 0 Å². The Bertz CT molecular complexity index is 5630. The average Bonchev–Trinajstić information content (AvgIpc) is 1.66. The lowest BCUT2D eigenvalue weighted by Gasteiger charge is -2.20. The number of nitrogens with one attached hydrogen (secondary N) is 6. The molecule has 5 aliphatic heterocycles. The van der Waals surface area contributed by atoms with Gasteiger partial charge in [0.25, 0.3) is 22.2 Å². The number of aliphatic hydroxyl groups is 10. The molecule has 5 aromatic heterocycles. The minimum Gasteiger partial charge on any atom is -0.481 e. The zero-order valence-corrected chi connectivity index (χ0v) is 85.9. The van der Waals surface area contributed by atoms with Crippen molar-refractivity contribution in [3.05, 3.63) is 175 Å². The number of aromatic amines is 4. The average molecular weight is 2020 g/mol. The predicted octanol–water partition coefficient (Wildman–Crippen LogP) is -0.572. The van der Waals surface area contributed by atoms with Crippen LogP contribution in [0, 0.1) is 10.7 Å². The summed E-state index contributed by atoms with van der Waals surface area (Å²) in [4.78, 5) is 152. The number of hydrogen-bond donors (Lipinski definition) is 17. The second-order valence-electron chi connectivity index (χ2n) is 39.2. The maximum absolute atomic E-state index is 12.9. The van der Waals surface area contributed by atoms with E-state index in [0.29, 0.717) is 62.9 Å². The summed E-state index contributed by atoms with van der Waals surface area (Å²) in [6.45, 7) is 28.1. The first-order valence-electron chi connectivity index (χ1n) is 44.2. The number of hydrogen-bond acceptors (Lipinski definition) is 30. The molecule has 41 nitrogen and oxygen atoms in total. The van der Waals surface area contributed by atoms with Gasteiger partial charge in [-0.15, -0.1) is 65.9 Å². The molecule has 21 atom stereocenters. The summed E-state index contributed by atoms with van der Waals surface area (Å²) in [7, 11) is 1.44. The summed E-state index contributed by atoms with van der Waals surface area (Å²) in [6.07, 6.45) is 17.5. The number of carbonyl (C=O) groups is 3. The van der Waals surface area contributed by atoms with E-state index in [0.717, 1.165) is 63.8 Å².